The Labute approximate surface area is 126 Å². The SMILES string of the molecule is CCc1cccnc1-c1noc(-c2sc(CN)nc2C)n1. The lowest BCUT2D eigenvalue weighted by atomic mass is 10.1. The number of pyridine rings is 1. The van der Waals surface area contributed by atoms with Gasteiger partial charge in [-0.05, 0) is 25.0 Å². The van der Waals surface area contributed by atoms with Crippen LogP contribution in [-0.2, 0) is 13.0 Å². The molecule has 6 nitrogen and oxygen atoms in total. The quantitative estimate of drug-likeness (QED) is 0.796. The van der Waals surface area contributed by atoms with Crippen LogP contribution in [0.3, 0.4) is 0 Å². The molecule has 3 rings (SSSR count). The van der Waals surface area contributed by atoms with E-state index in [4.69, 9.17) is 10.3 Å². The number of aryl methyl sites for hydroxylation is 2. The highest BCUT2D eigenvalue weighted by molar-refractivity contribution is 7.15. The fourth-order valence-corrected chi connectivity index (χ4v) is 2.94. The lowest BCUT2D eigenvalue weighted by Gasteiger charge is -2.00. The summed E-state index contributed by atoms with van der Waals surface area (Å²) in [7, 11) is 0. The average Bonchev–Trinajstić information content (AvgIpc) is 3.13. The maximum Gasteiger partial charge on any atom is 0.270 e. The standard InChI is InChI=1S/C14H15N5OS/c1-3-9-5-4-6-16-11(9)13-18-14(20-19-13)12-8(2)17-10(7-15)21-12/h4-6H,3,7,15H2,1-2H3. The van der Waals surface area contributed by atoms with Crippen LogP contribution in [0.2, 0.25) is 0 Å². The molecule has 21 heavy (non-hydrogen) atoms. The van der Waals surface area contributed by atoms with Gasteiger partial charge in [-0.2, -0.15) is 4.98 Å². The molecule has 7 heteroatoms. The van der Waals surface area contributed by atoms with Gasteiger partial charge in [0.2, 0.25) is 5.82 Å². The average molecular weight is 301 g/mol. The minimum absolute atomic E-state index is 0.409. The molecule has 0 spiro atoms. The van der Waals surface area contributed by atoms with E-state index in [2.05, 4.69) is 27.0 Å². The van der Waals surface area contributed by atoms with E-state index in [1.807, 2.05) is 19.1 Å². The van der Waals surface area contributed by atoms with E-state index in [1.54, 1.807) is 6.20 Å². The molecule has 0 aromatic carbocycles. The highest BCUT2D eigenvalue weighted by Crippen LogP contribution is 2.30. The van der Waals surface area contributed by atoms with Gasteiger partial charge >= 0.3 is 0 Å². The Morgan fingerprint density at radius 2 is 2.19 bits per heavy atom. The molecule has 3 heterocycles. The topological polar surface area (TPSA) is 90.7 Å². The first-order valence-electron chi connectivity index (χ1n) is 6.67. The van der Waals surface area contributed by atoms with Crippen molar-refractivity contribution in [2.45, 2.75) is 26.8 Å². The van der Waals surface area contributed by atoms with Crippen molar-refractivity contribution < 1.29 is 4.52 Å². The van der Waals surface area contributed by atoms with Crippen molar-refractivity contribution in [3.63, 3.8) is 0 Å². The third kappa shape index (κ3) is 2.57. The van der Waals surface area contributed by atoms with Gasteiger partial charge in [0.05, 0.1) is 5.69 Å². The molecule has 0 aliphatic heterocycles. The third-order valence-electron chi connectivity index (χ3n) is 3.12. The van der Waals surface area contributed by atoms with Gasteiger partial charge in [-0.1, -0.05) is 18.1 Å². The van der Waals surface area contributed by atoms with Crippen molar-refractivity contribution in [3.05, 3.63) is 34.6 Å². The van der Waals surface area contributed by atoms with Crippen molar-refractivity contribution in [2.75, 3.05) is 0 Å². The van der Waals surface area contributed by atoms with E-state index in [0.29, 0.717) is 18.3 Å². The van der Waals surface area contributed by atoms with Crippen molar-refractivity contribution in [1.29, 1.82) is 0 Å². The van der Waals surface area contributed by atoms with E-state index in [-0.39, 0.29) is 0 Å². The van der Waals surface area contributed by atoms with Crippen molar-refractivity contribution in [2.24, 2.45) is 5.73 Å². The molecule has 0 fully saturated rings. The summed E-state index contributed by atoms with van der Waals surface area (Å²) in [4.78, 5) is 14.0. The molecule has 0 unspecified atom stereocenters. The number of nitrogens with zero attached hydrogens (tertiary/aromatic N) is 4. The number of nitrogens with two attached hydrogens (primary N) is 1. The van der Waals surface area contributed by atoms with Gasteiger partial charge in [0.25, 0.3) is 5.89 Å². The first kappa shape index (κ1) is 13.8. The zero-order chi connectivity index (χ0) is 14.8. The maximum absolute atomic E-state index is 5.62. The van der Waals surface area contributed by atoms with Crippen LogP contribution in [0.15, 0.2) is 22.9 Å². The van der Waals surface area contributed by atoms with Crippen LogP contribution >= 0.6 is 11.3 Å². The molecule has 0 aliphatic carbocycles. The molecule has 0 saturated heterocycles. The van der Waals surface area contributed by atoms with Gasteiger partial charge in [0.15, 0.2) is 0 Å². The summed E-state index contributed by atoms with van der Waals surface area (Å²) >= 11 is 1.48. The van der Waals surface area contributed by atoms with Crippen LogP contribution in [0, 0.1) is 6.92 Å². The van der Waals surface area contributed by atoms with E-state index < -0.39 is 0 Å². The van der Waals surface area contributed by atoms with Crippen LogP contribution in [0.1, 0.15) is 23.2 Å². The minimum atomic E-state index is 0.409. The Morgan fingerprint density at radius 1 is 1.33 bits per heavy atom. The number of aromatic nitrogens is 4. The summed E-state index contributed by atoms with van der Waals surface area (Å²) in [6, 6.07) is 3.92. The van der Waals surface area contributed by atoms with Crippen LogP contribution in [0.4, 0.5) is 0 Å². The zero-order valence-electron chi connectivity index (χ0n) is 11.8. The minimum Gasteiger partial charge on any atom is -0.333 e. The molecule has 0 atom stereocenters. The molecule has 0 aliphatic rings. The second-order valence-corrected chi connectivity index (χ2v) is 5.60. The summed E-state index contributed by atoms with van der Waals surface area (Å²) in [6.07, 6.45) is 2.60. The van der Waals surface area contributed by atoms with E-state index in [9.17, 15) is 0 Å². The summed E-state index contributed by atoms with van der Waals surface area (Å²) in [5, 5.41) is 4.90. The molecule has 0 bridgehead atoms. The molecule has 0 radical (unpaired) electrons. The Kier molecular flexibility index (Phi) is 3.76. The van der Waals surface area contributed by atoms with Crippen LogP contribution < -0.4 is 5.73 Å². The fourth-order valence-electron chi connectivity index (χ4n) is 2.08. The van der Waals surface area contributed by atoms with Crippen molar-refractivity contribution in [3.8, 4) is 22.3 Å². The fraction of sp³-hybridized carbons (Fsp3) is 0.286. The highest BCUT2D eigenvalue weighted by Gasteiger charge is 2.18. The highest BCUT2D eigenvalue weighted by atomic mass is 32.1. The second kappa shape index (κ2) is 5.71. The smallest absolute Gasteiger partial charge is 0.270 e. The first-order valence-corrected chi connectivity index (χ1v) is 7.49. The number of hydrogen-bond donors (Lipinski definition) is 1. The van der Waals surface area contributed by atoms with Gasteiger partial charge < -0.3 is 10.3 Å². The maximum atomic E-state index is 5.62. The molecule has 0 saturated carbocycles. The van der Waals surface area contributed by atoms with Crippen LogP contribution in [-0.4, -0.2) is 20.1 Å². The molecule has 3 aromatic heterocycles. The number of thiazole rings is 1. The zero-order valence-corrected chi connectivity index (χ0v) is 12.6. The Hall–Kier alpha value is -2.12. The monoisotopic (exact) mass is 301 g/mol. The molecular formula is C14H15N5OS. The first-order chi connectivity index (χ1) is 10.2. The number of hydrogen-bond acceptors (Lipinski definition) is 7. The van der Waals surface area contributed by atoms with E-state index in [1.165, 1.54) is 11.3 Å². The van der Waals surface area contributed by atoms with Crippen LogP contribution in [0.5, 0.6) is 0 Å². The van der Waals surface area contributed by atoms with Gasteiger partial charge in [0, 0.05) is 12.7 Å². The Bertz CT molecular complexity index is 764. The molecule has 0 amide bonds. The predicted octanol–water partition coefficient (Wildman–Crippen LogP) is 2.58. The summed E-state index contributed by atoms with van der Waals surface area (Å²) in [5.74, 6) is 0.969. The van der Waals surface area contributed by atoms with Gasteiger partial charge in [-0.25, -0.2) is 4.98 Å². The molecule has 3 aromatic rings. The Morgan fingerprint density at radius 3 is 2.90 bits per heavy atom. The summed E-state index contributed by atoms with van der Waals surface area (Å²) in [6.45, 7) is 4.39. The largest absolute Gasteiger partial charge is 0.333 e. The van der Waals surface area contributed by atoms with E-state index in [0.717, 1.165) is 33.3 Å². The lowest BCUT2D eigenvalue weighted by molar-refractivity contribution is 0.432. The van der Waals surface area contributed by atoms with Crippen LogP contribution in [0.25, 0.3) is 22.3 Å². The van der Waals surface area contributed by atoms with Gasteiger partial charge in [-0.15, -0.1) is 11.3 Å². The Balaban J connectivity index is 2.01. The summed E-state index contributed by atoms with van der Waals surface area (Å²) in [5.41, 5.74) is 8.32. The van der Waals surface area contributed by atoms with E-state index >= 15 is 0 Å². The predicted molar refractivity (Wildman–Crippen MR) is 80.6 cm³/mol. The van der Waals surface area contributed by atoms with Crippen molar-refractivity contribution in [1.82, 2.24) is 20.1 Å². The third-order valence-corrected chi connectivity index (χ3v) is 4.29. The van der Waals surface area contributed by atoms with Gasteiger partial charge in [0.1, 0.15) is 15.6 Å². The molecule has 108 valence electrons. The lowest BCUT2D eigenvalue weighted by Crippen LogP contribution is -1.94. The molecule has 2 N–H and O–H groups in total. The normalized spacial score (nSPS) is 11.0. The summed E-state index contributed by atoms with van der Waals surface area (Å²) < 4.78 is 5.37. The second-order valence-electron chi connectivity index (χ2n) is 4.51. The number of rotatable bonds is 4. The van der Waals surface area contributed by atoms with Gasteiger partial charge in [-0.3, -0.25) is 4.98 Å². The van der Waals surface area contributed by atoms with Crippen molar-refractivity contribution >= 4 is 11.3 Å². The molecular weight excluding hydrogens is 286 g/mol.